The molecule has 1 unspecified atom stereocenters. The molecule has 1 aliphatic heterocycles. The molecule has 6 heteroatoms. The first-order chi connectivity index (χ1) is 13.6. The minimum atomic E-state index is -0.735. The fourth-order valence-electron chi connectivity index (χ4n) is 3.72. The number of aliphatic carboxylic acids is 1. The molecule has 4 nitrogen and oxygen atoms in total. The van der Waals surface area contributed by atoms with Gasteiger partial charge in [0.1, 0.15) is 0 Å². The number of benzene rings is 2. The third-order valence-corrected chi connectivity index (χ3v) is 6.24. The molecule has 2 aromatic rings. The van der Waals surface area contributed by atoms with Crippen molar-refractivity contribution in [1.82, 2.24) is 9.80 Å². The SMILES string of the molecule is O=C(O)CSCCN1CCCN(C(c2ccccc2)c2ccc(Cl)cc2)CC1. The molecule has 0 spiro atoms. The molecule has 1 N–H and O–H groups in total. The van der Waals surface area contributed by atoms with E-state index in [0.29, 0.717) is 0 Å². The first kappa shape index (κ1) is 21.2. The molecule has 0 bridgehead atoms. The van der Waals surface area contributed by atoms with E-state index in [1.54, 1.807) is 0 Å². The zero-order valence-electron chi connectivity index (χ0n) is 16.0. The topological polar surface area (TPSA) is 43.8 Å². The molecule has 2 aromatic carbocycles. The Kier molecular flexibility index (Phi) is 8.22. The van der Waals surface area contributed by atoms with Crippen molar-refractivity contribution in [3.8, 4) is 0 Å². The molecule has 1 aliphatic rings. The van der Waals surface area contributed by atoms with Crippen LogP contribution >= 0.6 is 23.4 Å². The lowest BCUT2D eigenvalue weighted by Crippen LogP contribution is -2.34. The summed E-state index contributed by atoms with van der Waals surface area (Å²) < 4.78 is 0. The normalized spacial score (nSPS) is 17.2. The minimum Gasteiger partial charge on any atom is -0.481 e. The van der Waals surface area contributed by atoms with Crippen LogP contribution in [0.3, 0.4) is 0 Å². The van der Waals surface area contributed by atoms with Crippen LogP contribution in [-0.2, 0) is 4.79 Å². The molecule has 150 valence electrons. The van der Waals surface area contributed by atoms with Gasteiger partial charge in [-0.05, 0) is 36.2 Å². The second kappa shape index (κ2) is 10.9. The second-order valence-electron chi connectivity index (χ2n) is 7.04. The summed E-state index contributed by atoms with van der Waals surface area (Å²) in [5.41, 5.74) is 2.57. The molecule has 0 saturated carbocycles. The molecular formula is C22H27ClN2O2S. The summed E-state index contributed by atoms with van der Waals surface area (Å²) in [4.78, 5) is 15.7. The highest BCUT2D eigenvalue weighted by Crippen LogP contribution is 2.30. The number of carboxylic acid groups (broad SMARTS) is 1. The van der Waals surface area contributed by atoms with Gasteiger partial charge in [-0.1, -0.05) is 54.1 Å². The van der Waals surface area contributed by atoms with Gasteiger partial charge in [-0.25, -0.2) is 0 Å². The summed E-state index contributed by atoms with van der Waals surface area (Å²) in [6.07, 6.45) is 1.11. The van der Waals surface area contributed by atoms with E-state index in [0.717, 1.165) is 49.9 Å². The first-order valence-electron chi connectivity index (χ1n) is 9.70. The Labute approximate surface area is 176 Å². The Balaban J connectivity index is 1.67. The molecule has 0 aromatic heterocycles. The van der Waals surface area contributed by atoms with Gasteiger partial charge in [-0.15, -0.1) is 11.8 Å². The Morgan fingerprint density at radius 2 is 1.71 bits per heavy atom. The number of nitrogens with zero attached hydrogens (tertiary/aromatic N) is 2. The molecule has 0 radical (unpaired) electrons. The summed E-state index contributed by atoms with van der Waals surface area (Å²) in [5, 5.41) is 9.54. The van der Waals surface area contributed by atoms with E-state index in [4.69, 9.17) is 16.7 Å². The fourth-order valence-corrected chi connectivity index (χ4v) is 4.55. The van der Waals surface area contributed by atoms with E-state index in [1.165, 1.54) is 22.9 Å². The van der Waals surface area contributed by atoms with Crippen molar-refractivity contribution >= 4 is 29.3 Å². The van der Waals surface area contributed by atoms with E-state index in [1.807, 2.05) is 12.1 Å². The lowest BCUT2D eigenvalue weighted by Gasteiger charge is -2.31. The van der Waals surface area contributed by atoms with Crippen molar-refractivity contribution in [3.63, 3.8) is 0 Å². The van der Waals surface area contributed by atoms with Crippen molar-refractivity contribution in [3.05, 3.63) is 70.7 Å². The van der Waals surface area contributed by atoms with Gasteiger partial charge < -0.3 is 10.0 Å². The highest BCUT2D eigenvalue weighted by molar-refractivity contribution is 7.99. The summed E-state index contributed by atoms with van der Waals surface area (Å²) in [5.74, 6) is 0.318. The maximum Gasteiger partial charge on any atom is 0.313 e. The number of halogens is 1. The van der Waals surface area contributed by atoms with Gasteiger partial charge in [-0.2, -0.15) is 0 Å². The number of carbonyl (C=O) groups is 1. The Morgan fingerprint density at radius 1 is 1.00 bits per heavy atom. The number of thioether (sulfide) groups is 1. The monoisotopic (exact) mass is 418 g/mol. The van der Waals surface area contributed by atoms with Crippen LogP contribution in [0, 0.1) is 0 Å². The average molecular weight is 419 g/mol. The van der Waals surface area contributed by atoms with E-state index >= 15 is 0 Å². The van der Waals surface area contributed by atoms with Crippen LogP contribution < -0.4 is 0 Å². The van der Waals surface area contributed by atoms with Crippen molar-refractivity contribution in [1.29, 1.82) is 0 Å². The zero-order valence-corrected chi connectivity index (χ0v) is 17.5. The summed E-state index contributed by atoms with van der Waals surface area (Å²) in [6, 6.07) is 19.1. The molecular weight excluding hydrogens is 392 g/mol. The maximum absolute atomic E-state index is 10.7. The standard InChI is InChI=1S/C22H27ClN2O2S/c23-20-9-7-19(8-10-20)22(18-5-2-1-3-6-18)25-12-4-11-24(13-14-25)15-16-28-17-21(26)27/h1-3,5-10,22H,4,11-17H2,(H,26,27). The Bertz CT molecular complexity index is 742. The Hall–Kier alpha value is -1.53. The van der Waals surface area contributed by atoms with Crippen LogP contribution in [0.15, 0.2) is 54.6 Å². The van der Waals surface area contributed by atoms with Gasteiger partial charge in [-0.3, -0.25) is 9.69 Å². The molecule has 0 amide bonds. The second-order valence-corrected chi connectivity index (χ2v) is 8.58. The van der Waals surface area contributed by atoms with E-state index in [-0.39, 0.29) is 11.8 Å². The highest BCUT2D eigenvalue weighted by atomic mass is 35.5. The van der Waals surface area contributed by atoms with E-state index in [2.05, 4.69) is 52.3 Å². The van der Waals surface area contributed by atoms with Gasteiger partial charge in [0, 0.05) is 37.0 Å². The van der Waals surface area contributed by atoms with E-state index in [9.17, 15) is 4.79 Å². The Morgan fingerprint density at radius 3 is 2.43 bits per heavy atom. The molecule has 1 heterocycles. The van der Waals surface area contributed by atoms with Crippen LogP contribution in [0.4, 0.5) is 0 Å². The summed E-state index contributed by atoms with van der Waals surface area (Å²) in [7, 11) is 0. The number of rotatable bonds is 8. The lowest BCUT2D eigenvalue weighted by atomic mass is 9.97. The molecule has 1 atom stereocenters. The van der Waals surface area contributed by atoms with E-state index < -0.39 is 5.97 Å². The van der Waals surface area contributed by atoms with Crippen LogP contribution in [0.2, 0.25) is 5.02 Å². The van der Waals surface area contributed by atoms with Gasteiger partial charge in [0.25, 0.3) is 0 Å². The van der Waals surface area contributed by atoms with Gasteiger partial charge in [0.05, 0.1) is 11.8 Å². The predicted octanol–water partition coefficient (Wildman–Crippen LogP) is 4.25. The van der Waals surface area contributed by atoms with Crippen LogP contribution in [-0.4, -0.2) is 65.1 Å². The maximum atomic E-state index is 10.7. The van der Waals surface area contributed by atoms with Crippen LogP contribution in [0.5, 0.6) is 0 Å². The van der Waals surface area contributed by atoms with Crippen LogP contribution in [0.1, 0.15) is 23.6 Å². The summed E-state index contributed by atoms with van der Waals surface area (Å²) >= 11 is 7.61. The third-order valence-electron chi connectivity index (χ3n) is 5.07. The number of hydrogen-bond acceptors (Lipinski definition) is 4. The molecule has 1 fully saturated rings. The summed E-state index contributed by atoms with van der Waals surface area (Å²) in [6.45, 7) is 5.05. The molecule has 28 heavy (non-hydrogen) atoms. The minimum absolute atomic E-state index is 0.187. The smallest absolute Gasteiger partial charge is 0.313 e. The lowest BCUT2D eigenvalue weighted by molar-refractivity contribution is -0.133. The predicted molar refractivity (Wildman–Crippen MR) is 117 cm³/mol. The van der Waals surface area contributed by atoms with Gasteiger partial charge in [0.15, 0.2) is 0 Å². The average Bonchev–Trinajstić information content (AvgIpc) is 2.93. The highest BCUT2D eigenvalue weighted by Gasteiger charge is 2.24. The number of hydrogen-bond donors (Lipinski definition) is 1. The van der Waals surface area contributed by atoms with Crippen molar-refractivity contribution in [2.24, 2.45) is 0 Å². The number of carboxylic acids is 1. The van der Waals surface area contributed by atoms with Gasteiger partial charge >= 0.3 is 5.97 Å². The van der Waals surface area contributed by atoms with Gasteiger partial charge in [0.2, 0.25) is 0 Å². The first-order valence-corrected chi connectivity index (χ1v) is 11.2. The quantitative estimate of drug-likeness (QED) is 0.649. The fraction of sp³-hybridized carbons (Fsp3) is 0.409. The third kappa shape index (κ3) is 6.24. The largest absolute Gasteiger partial charge is 0.481 e. The zero-order chi connectivity index (χ0) is 19.8. The molecule has 3 rings (SSSR count). The van der Waals surface area contributed by atoms with Crippen LogP contribution in [0.25, 0.3) is 0 Å². The molecule has 1 saturated heterocycles. The van der Waals surface area contributed by atoms with Crippen molar-refractivity contribution in [2.75, 3.05) is 44.2 Å². The van der Waals surface area contributed by atoms with Crippen molar-refractivity contribution < 1.29 is 9.90 Å². The van der Waals surface area contributed by atoms with Crippen molar-refractivity contribution in [2.45, 2.75) is 12.5 Å². The molecule has 0 aliphatic carbocycles.